The predicted molar refractivity (Wildman–Crippen MR) is 93.6 cm³/mol. The maximum absolute atomic E-state index is 13.1. The summed E-state index contributed by atoms with van der Waals surface area (Å²) in [6.45, 7) is 6.34. The predicted octanol–water partition coefficient (Wildman–Crippen LogP) is 3.20. The Labute approximate surface area is 149 Å². The molecular formula is C21H28O4. The molecule has 0 saturated heterocycles. The zero-order valence-electron chi connectivity index (χ0n) is 15.6. The van der Waals surface area contributed by atoms with E-state index in [1.54, 1.807) is 12.2 Å². The first-order valence-corrected chi connectivity index (χ1v) is 9.42. The van der Waals surface area contributed by atoms with Gasteiger partial charge in [0.15, 0.2) is 11.6 Å². The lowest BCUT2D eigenvalue weighted by Gasteiger charge is -2.59. The highest BCUT2D eigenvalue weighted by Crippen LogP contribution is 2.65. The summed E-state index contributed by atoms with van der Waals surface area (Å²) < 4.78 is 5.27. The fourth-order valence-corrected chi connectivity index (χ4v) is 6.45. The van der Waals surface area contributed by atoms with E-state index in [0.717, 1.165) is 19.3 Å². The van der Waals surface area contributed by atoms with Gasteiger partial charge in [-0.1, -0.05) is 13.8 Å². The lowest BCUT2D eigenvalue weighted by atomic mass is 9.46. The first kappa shape index (κ1) is 17.0. The minimum atomic E-state index is -1.28. The second kappa shape index (κ2) is 5.06. The van der Waals surface area contributed by atoms with Crippen LogP contribution in [-0.2, 0) is 14.3 Å². The van der Waals surface area contributed by atoms with Crippen LogP contribution in [0.3, 0.4) is 0 Å². The molecule has 4 aliphatic rings. The molecule has 0 unspecified atom stereocenters. The van der Waals surface area contributed by atoms with Gasteiger partial charge in [0, 0.05) is 0 Å². The Kier molecular flexibility index (Phi) is 3.45. The lowest BCUT2D eigenvalue weighted by molar-refractivity contribution is -0.184. The van der Waals surface area contributed by atoms with Gasteiger partial charge in [-0.2, -0.15) is 0 Å². The van der Waals surface area contributed by atoms with E-state index in [0.29, 0.717) is 23.7 Å². The van der Waals surface area contributed by atoms with Crippen LogP contribution in [0.25, 0.3) is 0 Å². The molecule has 0 aliphatic heterocycles. The molecule has 136 valence electrons. The largest absolute Gasteiger partial charge is 0.501 e. The van der Waals surface area contributed by atoms with Crippen molar-refractivity contribution in [3.8, 4) is 0 Å². The molecule has 2 fully saturated rings. The van der Waals surface area contributed by atoms with Crippen molar-refractivity contribution < 1.29 is 19.4 Å². The van der Waals surface area contributed by atoms with Crippen molar-refractivity contribution in [1.82, 2.24) is 0 Å². The second-order valence-corrected chi connectivity index (χ2v) is 9.25. The van der Waals surface area contributed by atoms with Crippen LogP contribution < -0.4 is 0 Å². The van der Waals surface area contributed by atoms with Gasteiger partial charge in [0.1, 0.15) is 5.76 Å². The third-order valence-corrected chi connectivity index (χ3v) is 7.88. The number of fused-ring (bicyclic) bond motifs is 5. The summed E-state index contributed by atoms with van der Waals surface area (Å²) in [4.78, 5) is 26.2. The van der Waals surface area contributed by atoms with Gasteiger partial charge >= 0.3 is 0 Å². The van der Waals surface area contributed by atoms with Gasteiger partial charge in [0.05, 0.1) is 30.5 Å². The summed E-state index contributed by atoms with van der Waals surface area (Å²) in [5.74, 6) is 0.772. The number of allylic oxidation sites excluding steroid dienone is 3. The highest BCUT2D eigenvalue weighted by molar-refractivity contribution is 6.03. The van der Waals surface area contributed by atoms with Crippen molar-refractivity contribution in [3.05, 3.63) is 23.5 Å². The van der Waals surface area contributed by atoms with Crippen LogP contribution in [0.5, 0.6) is 0 Å². The molecule has 4 heteroatoms. The maximum Gasteiger partial charge on any atom is 0.162 e. The number of aliphatic hydroxyl groups is 1. The summed E-state index contributed by atoms with van der Waals surface area (Å²) in [6, 6.07) is 0. The van der Waals surface area contributed by atoms with Crippen LogP contribution in [0.2, 0.25) is 0 Å². The quantitative estimate of drug-likeness (QED) is 0.793. The monoisotopic (exact) mass is 344 g/mol. The molecule has 2 saturated carbocycles. The van der Waals surface area contributed by atoms with E-state index in [9.17, 15) is 14.7 Å². The first-order valence-electron chi connectivity index (χ1n) is 9.42. The Morgan fingerprint density at radius 3 is 2.60 bits per heavy atom. The van der Waals surface area contributed by atoms with Gasteiger partial charge < -0.3 is 9.84 Å². The Morgan fingerprint density at radius 2 is 1.92 bits per heavy atom. The van der Waals surface area contributed by atoms with Crippen LogP contribution in [0.1, 0.15) is 52.9 Å². The van der Waals surface area contributed by atoms with Gasteiger partial charge in [0.2, 0.25) is 0 Å². The number of carbonyl (C=O) groups is 2. The number of rotatable bonds is 1. The molecule has 0 aromatic carbocycles. The molecule has 0 spiro atoms. The molecule has 0 radical (unpaired) electrons. The van der Waals surface area contributed by atoms with Crippen molar-refractivity contribution in [2.75, 3.05) is 7.11 Å². The van der Waals surface area contributed by atoms with Gasteiger partial charge in [0.25, 0.3) is 0 Å². The SMILES string of the molecule is COC1=CC2=CC(=O)[C@H]3[C@@H]4C[C@H](C)C[C@@]4(C)CC[C@]3(O)[C@@]2(C)C(=O)C1. The number of ether oxygens (including phenoxy) is 1. The average molecular weight is 344 g/mol. The van der Waals surface area contributed by atoms with Gasteiger partial charge in [-0.25, -0.2) is 0 Å². The van der Waals surface area contributed by atoms with Crippen molar-refractivity contribution in [3.63, 3.8) is 0 Å². The summed E-state index contributed by atoms with van der Waals surface area (Å²) >= 11 is 0. The van der Waals surface area contributed by atoms with Crippen LogP contribution >= 0.6 is 0 Å². The molecule has 4 nitrogen and oxygen atoms in total. The van der Waals surface area contributed by atoms with E-state index in [-0.39, 0.29) is 29.3 Å². The summed E-state index contributed by atoms with van der Waals surface area (Å²) in [7, 11) is 1.54. The van der Waals surface area contributed by atoms with Gasteiger partial charge in [-0.05, 0) is 67.6 Å². The molecule has 6 atom stereocenters. The Bertz CT molecular complexity index is 719. The number of hydrogen-bond acceptors (Lipinski definition) is 4. The van der Waals surface area contributed by atoms with E-state index in [4.69, 9.17) is 4.74 Å². The Balaban J connectivity index is 1.88. The van der Waals surface area contributed by atoms with Crippen LogP contribution in [0.4, 0.5) is 0 Å². The van der Waals surface area contributed by atoms with E-state index in [2.05, 4.69) is 13.8 Å². The van der Waals surface area contributed by atoms with Crippen LogP contribution in [0, 0.1) is 28.6 Å². The smallest absolute Gasteiger partial charge is 0.162 e. The minimum absolute atomic E-state index is 0.0126. The number of carbonyl (C=O) groups excluding carboxylic acids is 2. The number of ketones is 2. The Morgan fingerprint density at radius 1 is 1.20 bits per heavy atom. The standard InChI is InChI=1S/C21H28O4/c1-12-7-15-18-16(22)9-13-8-14(25-4)10-17(23)20(13,3)21(18,24)6-5-19(15,2)11-12/h8-9,12,15,18,24H,5-7,10-11H2,1-4H3/t12-,15-,18+,19+,20+,21+/m0/s1. The molecule has 25 heavy (non-hydrogen) atoms. The summed E-state index contributed by atoms with van der Waals surface area (Å²) in [5, 5.41) is 11.8. The maximum atomic E-state index is 13.1. The second-order valence-electron chi connectivity index (χ2n) is 9.25. The first-order chi connectivity index (χ1) is 11.7. The highest BCUT2D eigenvalue weighted by atomic mass is 16.5. The number of methoxy groups -OCH3 is 1. The van der Waals surface area contributed by atoms with Crippen molar-refractivity contribution >= 4 is 11.6 Å². The van der Waals surface area contributed by atoms with E-state index >= 15 is 0 Å². The molecule has 0 aromatic heterocycles. The fourth-order valence-electron chi connectivity index (χ4n) is 6.45. The topological polar surface area (TPSA) is 63.6 Å². The molecule has 0 heterocycles. The average Bonchev–Trinajstić information content (AvgIpc) is 2.84. The van der Waals surface area contributed by atoms with E-state index < -0.39 is 16.9 Å². The summed E-state index contributed by atoms with van der Waals surface area (Å²) in [5.41, 5.74) is -1.58. The van der Waals surface area contributed by atoms with Gasteiger partial charge in [-0.15, -0.1) is 0 Å². The zero-order valence-corrected chi connectivity index (χ0v) is 15.6. The Hall–Kier alpha value is -1.42. The fraction of sp³-hybridized carbons (Fsp3) is 0.714. The van der Waals surface area contributed by atoms with Crippen LogP contribution in [0.15, 0.2) is 23.5 Å². The van der Waals surface area contributed by atoms with Crippen molar-refractivity contribution in [2.45, 2.75) is 58.5 Å². The van der Waals surface area contributed by atoms with Crippen molar-refractivity contribution in [2.24, 2.45) is 28.6 Å². The zero-order chi connectivity index (χ0) is 18.2. The van der Waals surface area contributed by atoms with Crippen LogP contribution in [-0.4, -0.2) is 29.4 Å². The molecule has 4 aliphatic carbocycles. The molecule has 0 amide bonds. The summed E-state index contributed by atoms with van der Waals surface area (Å²) in [6.07, 6.45) is 7.04. The van der Waals surface area contributed by atoms with Gasteiger partial charge in [-0.3, -0.25) is 9.59 Å². The van der Waals surface area contributed by atoms with E-state index in [1.807, 2.05) is 6.92 Å². The lowest BCUT2D eigenvalue weighted by Crippen LogP contribution is -2.66. The third-order valence-electron chi connectivity index (χ3n) is 7.88. The number of hydrogen-bond donors (Lipinski definition) is 1. The molecule has 0 bridgehead atoms. The third kappa shape index (κ3) is 1.98. The molecule has 4 rings (SSSR count). The molecule has 0 aromatic rings. The highest BCUT2D eigenvalue weighted by Gasteiger charge is 2.68. The normalized spacial score (nSPS) is 48.9. The van der Waals surface area contributed by atoms with E-state index in [1.165, 1.54) is 7.11 Å². The minimum Gasteiger partial charge on any atom is -0.501 e. The molecule has 1 N–H and O–H groups in total. The number of Topliss-reactive ketones (excluding diaryl/α,β-unsaturated/α-hetero) is 1. The van der Waals surface area contributed by atoms with Crippen molar-refractivity contribution in [1.29, 1.82) is 0 Å². The molecular weight excluding hydrogens is 316 g/mol.